The van der Waals surface area contributed by atoms with Gasteiger partial charge < -0.3 is 10.6 Å². The molecule has 0 spiro atoms. The number of hydrogen-bond acceptors (Lipinski definition) is 4. The van der Waals surface area contributed by atoms with Crippen molar-refractivity contribution in [3.05, 3.63) is 24.0 Å². The lowest BCUT2D eigenvalue weighted by atomic mass is 10.2. The van der Waals surface area contributed by atoms with Crippen LogP contribution >= 0.6 is 11.8 Å². The standard InChI is InChI=1S/C10H14N4S/c11-10(12)9-7-8(1-2-13-9)14-3-5-15-6-4-14/h1-2,7H,3-6H2,(H3,11,12). The van der Waals surface area contributed by atoms with Gasteiger partial charge in [-0.3, -0.25) is 10.4 Å². The van der Waals surface area contributed by atoms with E-state index in [1.807, 2.05) is 23.9 Å². The molecule has 0 radical (unpaired) electrons. The molecule has 2 heterocycles. The van der Waals surface area contributed by atoms with Crippen molar-refractivity contribution in [1.29, 1.82) is 5.41 Å². The second kappa shape index (κ2) is 4.53. The highest BCUT2D eigenvalue weighted by Gasteiger charge is 2.11. The van der Waals surface area contributed by atoms with E-state index in [2.05, 4.69) is 9.88 Å². The van der Waals surface area contributed by atoms with E-state index in [9.17, 15) is 0 Å². The van der Waals surface area contributed by atoms with E-state index in [4.69, 9.17) is 11.1 Å². The Morgan fingerprint density at radius 2 is 2.20 bits per heavy atom. The molecule has 0 bridgehead atoms. The van der Waals surface area contributed by atoms with Crippen molar-refractivity contribution in [3.63, 3.8) is 0 Å². The Labute approximate surface area is 93.4 Å². The molecule has 0 unspecified atom stereocenters. The van der Waals surface area contributed by atoms with Crippen LogP contribution in [-0.4, -0.2) is 35.4 Å². The third kappa shape index (κ3) is 2.41. The van der Waals surface area contributed by atoms with Gasteiger partial charge in [0.2, 0.25) is 0 Å². The van der Waals surface area contributed by atoms with E-state index in [0.29, 0.717) is 5.69 Å². The lowest BCUT2D eigenvalue weighted by Crippen LogP contribution is -2.32. The molecular formula is C10H14N4S. The molecule has 15 heavy (non-hydrogen) atoms. The molecule has 1 aliphatic heterocycles. The monoisotopic (exact) mass is 222 g/mol. The first-order valence-electron chi connectivity index (χ1n) is 4.90. The van der Waals surface area contributed by atoms with Gasteiger partial charge in [0.25, 0.3) is 0 Å². The minimum absolute atomic E-state index is 0.0308. The van der Waals surface area contributed by atoms with Gasteiger partial charge in [0.15, 0.2) is 0 Å². The molecule has 1 aliphatic rings. The number of aromatic nitrogens is 1. The molecule has 1 saturated heterocycles. The Balaban J connectivity index is 2.19. The van der Waals surface area contributed by atoms with Crippen molar-refractivity contribution in [2.75, 3.05) is 29.5 Å². The summed E-state index contributed by atoms with van der Waals surface area (Å²) in [6, 6.07) is 3.86. The van der Waals surface area contributed by atoms with Crippen molar-refractivity contribution < 1.29 is 0 Å². The highest BCUT2D eigenvalue weighted by molar-refractivity contribution is 7.99. The highest BCUT2D eigenvalue weighted by Crippen LogP contribution is 2.19. The third-order valence-electron chi connectivity index (χ3n) is 2.40. The summed E-state index contributed by atoms with van der Waals surface area (Å²) in [6.07, 6.45) is 1.72. The van der Waals surface area contributed by atoms with Crippen LogP contribution in [0.5, 0.6) is 0 Å². The smallest absolute Gasteiger partial charge is 0.141 e. The molecule has 0 saturated carbocycles. The summed E-state index contributed by atoms with van der Waals surface area (Å²) in [5, 5.41) is 7.34. The second-order valence-electron chi connectivity index (χ2n) is 3.41. The fourth-order valence-electron chi connectivity index (χ4n) is 1.58. The zero-order valence-electron chi connectivity index (χ0n) is 8.44. The van der Waals surface area contributed by atoms with Gasteiger partial charge in [-0.2, -0.15) is 11.8 Å². The van der Waals surface area contributed by atoms with E-state index in [1.165, 1.54) is 0 Å². The number of rotatable bonds is 2. The first-order chi connectivity index (χ1) is 7.27. The number of thioether (sulfide) groups is 1. The summed E-state index contributed by atoms with van der Waals surface area (Å²) in [7, 11) is 0. The number of hydrogen-bond donors (Lipinski definition) is 2. The van der Waals surface area contributed by atoms with Crippen LogP contribution in [0.1, 0.15) is 5.69 Å². The molecule has 0 atom stereocenters. The molecule has 0 aromatic carbocycles. The molecule has 80 valence electrons. The maximum atomic E-state index is 7.34. The first-order valence-corrected chi connectivity index (χ1v) is 6.06. The summed E-state index contributed by atoms with van der Waals surface area (Å²) in [4.78, 5) is 6.36. The Morgan fingerprint density at radius 1 is 1.47 bits per heavy atom. The van der Waals surface area contributed by atoms with Gasteiger partial charge in [-0.15, -0.1) is 0 Å². The molecule has 5 heteroatoms. The van der Waals surface area contributed by atoms with Crippen molar-refractivity contribution in [2.45, 2.75) is 0 Å². The minimum Gasteiger partial charge on any atom is -0.382 e. The number of nitrogens with one attached hydrogen (secondary N) is 1. The first kappa shape index (κ1) is 10.3. The lowest BCUT2D eigenvalue weighted by molar-refractivity contribution is 0.857. The number of pyridine rings is 1. The van der Waals surface area contributed by atoms with E-state index >= 15 is 0 Å². The molecule has 1 aromatic heterocycles. The van der Waals surface area contributed by atoms with Crippen molar-refractivity contribution in [3.8, 4) is 0 Å². The van der Waals surface area contributed by atoms with Crippen LogP contribution in [0.4, 0.5) is 5.69 Å². The van der Waals surface area contributed by atoms with Crippen LogP contribution in [0.15, 0.2) is 18.3 Å². The maximum absolute atomic E-state index is 7.34. The number of nitrogens with zero attached hydrogens (tertiary/aromatic N) is 2. The normalized spacial score (nSPS) is 16.4. The van der Waals surface area contributed by atoms with Gasteiger partial charge in [-0.1, -0.05) is 0 Å². The maximum Gasteiger partial charge on any atom is 0.141 e. The number of anilines is 1. The molecule has 1 fully saturated rings. The van der Waals surface area contributed by atoms with Crippen molar-refractivity contribution in [2.24, 2.45) is 5.73 Å². The average Bonchev–Trinajstić information content (AvgIpc) is 2.30. The SMILES string of the molecule is N=C(N)c1cc(N2CCSCC2)ccn1. The van der Waals surface area contributed by atoms with E-state index in [0.717, 1.165) is 30.3 Å². The third-order valence-corrected chi connectivity index (χ3v) is 3.34. The van der Waals surface area contributed by atoms with Gasteiger partial charge in [0.1, 0.15) is 11.5 Å². The molecule has 0 amide bonds. The Kier molecular flexibility index (Phi) is 3.11. The molecule has 4 nitrogen and oxygen atoms in total. The van der Waals surface area contributed by atoms with Gasteiger partial charge in [0.05, 0.1) is 0 Å². The minimum atomic E-state index is 0.0308. The number of nitrogen functional groups attached to an aromatic ring is 1. The van der Waals surface area contributed by atoms with Crippen molar-refractivity contribution >= 4 is 23.3 Å². The van der Waals surface area contributed by atoms with E-state index in [1.54, 1.807) is 6.20 Å². The van der Waals surface area contributed by atoms with Crippen LogP contribution in [0.2, 0.25) is 0 Å². The number of amidine groups is 1. The predicted molar refractivity (Wildman–Crippen MR) is 64.8 cm³/mol. The Morgan fingerprint density at radius 3 is 2.87 bits per heavy atom. The zero-order valence-corrected chi connectivity index (χ0v) is 9.26. The van der Waals surface area contributed by atoms with E-state index in [-0.39, 0.29) is 5.84 Å². The van der Waals surface area contributed by atoms with Crippen molar-refractivity contribution in [1.82, 2.24) is 4.98 Å². The van der Waals surface area contributed by atoms with Gasteiger partial charge in [-0.25, -0.2) is 0 Å². The zero-order chi connectivity index (χ0) is 10.7. The molecule has 0 aliphatic carbocycles. The molecule has 2 rings (SSSR count). The molecule has 1 aromatic rings. The Hall–Kier alpha value is -1.23. The molecule has 3 N–H and O–H groups in total. The number of nitrogens with two attached hydrogens (primary N) is 1. The second-order valence-corrected chi connectivity index (χ2v) is 4.64. The van der Waals surface area contributed by atoms with Gasteiger partial charge in [0, 0.05) is 36.5 Å². The van der Waals surface area contributed by atoms with Gasteiger partial charge in [-0.05, 0) is 12.1 Å². The quantitative estimate of drug-likeness (QED) is 0.577. The highest BCUT2D eigenvalue weighted by atomic mass is 32.2. The summed E-state index contributed by atoms with van der Waals surface area (Å²) < 4.78 is 0. The van der Waals surface area contributed by atoms with Crippen LogP contribution < -0.4 is 10.6 Å². The summed E-state index contributed by atoms with van der Waals surface area (Å²) in [5.74, 6) is 2.36. The summed E-state index contributed by atoms with van der Waals surface area (Å²) >= 11 is 1.98. The largest absolute Gasteiger partial charge is 0.382 e. The Bertz CT molecular complexity index is 360. The lowest BCUT2D eigenvalue weighted by Gasteiger charge is -2.28. The summed E-state index contributed by atoms with van der Waals surface area (Å²) in [5.41, 5.74) is 7.09. The van der Waals surface area contributed by atoms with Crippen LogP contribution in [-0.2, 0) is 0 Å². The fraction of sp³-hybridized carbons (Fsp3) is 0.400. The molecular weight excluding hydrogens is 208 g/mol. The fourth-order valence-corrected chi connectivity index (χ4v) is 2.49. The van der Waals surface area contributed by atoms with Gasteiger partial charge >= 0.3 is 0 Å². The topological polar surface area (TPSA) is 66.0 Å². The summed E-state index contributed by atoms with van der Waals surface area (Å²) in [6.45, 7) is 2.12. The van der Waals surface area contributed by atoms with Crippen LogP contribution in [0, 0.1) is 5.41 Å². The van der Waals surface area contributed by atoms with E-state index < -0.39 is 0 Å². The predicted octanol–water partition coefficient (Wildman–Crippen LogP) is 0.919. The average molecular weight is 222 g/mol. The van der Waals surface area contributed by atoms with Crippen LogP contribution in [0.25, 0.3) is 0 Å². The van der Waals surface area contributed by atoms with Crippen LogP contribution in [0.3, 0.4) is 0 Å².